The second-order valence-corrected chi connectivity index (χ2v) is 4.30. The first-order valence-corrected chi connectivity index (χ1v) is 5.91. The van der Waals surface area contributed by atoms with Crippen LogP contribution in [0.2, 0.25) is 0 Å². The molecule has 0 saturated carbocycles. The predicted octanol–water partition coefficient (Wildman–Crippen LogP) is 3.45. The molecular formula is C13H17F2NO. The highest BCUT2D eigenvalue weighted by atomic mass is 19.3. The summed E-state index contributed by atoms with van der Waals surface area (Å²) in [7, 11) is 1.52. The average molecular weight is 241 g/mol. The zero-order chi connectivity index (χ0) is 12.3. The number of halogens is 2. The van der Waals surface area contributed by atoms with Crippen molar-refractivity contribution in [2.24, 2.45) is 0 Å². The second-order valence-electron chi connectivity index (χ2n) is 4.30. The number of piperidine rings is 1. The van der Waals surface area contributed by atoms with E-state index < -0.39 is 6.43 Å². The molecule has 1 unspecified atom stereocenters. The molecule has 1 aromatic carbocycles. The van der Waals surface area contributed by atoms with Gasteiger partial charge in [0.25, 0.3) is 6.43 Å². The Morgan fingerprint density at radius 3 is 2.76 bits per heavy atom. The first-order chi connectivity index (χ1) is 8.22. The van der Waals surface area contributed by atoms with E-state index in [-0.39, 0.29) is 11.6 Å². The van der Waals surface area contributed by atoms with Crippen molar-refractivity contribution in [3.8, 4) is 5.75 Å². The van der Waals surface area contributed by atoms with Crippen molar-refractivity contribution in [3.05, 3.63) is 29.3 Å². The van der Waals surface area contributed by atoms with Crippen LogP contribution in [0.25, 0.3) is 0 Å². The maximum absolute atomic E-state index is 12.6. The maximum atomic E-state index is 12.6. The van der Waals surface area contributed by atoms with Crippen LogP contribution in [0.1, 0.15) is 42.9 Å². The van der Waals surface area contributed by atoms with Gasteiger partial charge in [-0.05, 0) is 25.5 Å². The van der Waals surface area contributed by atoms with Crippen LogP contribution in [0, 0.1) is 0 Å². The molecule has 0 spiro atoms. The number of nitrogens with one attached hydrogen (secondary N) is 1. The molecule has 0 amide bonds. The Labute approximate surface area is 100.0 Å². The van der Waals surface area contributed by atoms with E-state index in [1.807, 2.05) is 0 Å². The summed E-state index contributed by atoms with van der Waals surface area (Å²) in [5.41, 5.74) is 0.998. The maximum Gasteiger partial charge on any atom is 0.263 e. The Hall–Kier alpha value is -1.16. The van der Waals surface area contributed by atoms with E-state index in [1.54, 1.807) is 6.07 Å². The monoisotopic (exact) mass is 241 g/mol. The Morgan fingerprint density at radius 1 is 1.35 bits per heavy atom. The van der Waals surface area contributed by atoms with Crippen LogP contribution in [-0.4, -0.2) is 13.7 Å². The van der Waals surface area contributed by atoms with Crippen LogP contribution in [0.4, 0.5) is 8.78 Å². The van der Waals surface area contributed by atoms with E-state index in [9.17, 15) is 8.78 Å². The molecule has 1 saturated heterocycles. The summed E-state index contributed by atoms with van der Waals surface area (Å²) >= 11 is 0. The van der Waals surface area contributed by atoms with Gasteiger partial charge in [0.2, 0.25) is 0 Å². The SMILES string of the molecule is COc1cc(C(F)F)ccc1C1CCCCN1. The highest BCUT2D eigenvalue weighted by Crippen LogP contribution is 2.33. The summed E-state index contributed by atoms with van der Waals surface area (Å²) in [5.74, 6) is 0.558. The smallest absolute Gasteiger partial charge is 0.263 e. The average Bonchev–Trinajstić information content (AvgIpc) is 2.39. The Balaban J connectivity index is 2.26. The minimum atomic E-state index is -2.45. The van der Waals surface area contributed by atoms with Gasteiger partial charge in [0, 0.05) is 17.2 Å². The fourth-order valence-corrected chi connectivity index (χ4v) is 2.27. The molecular weight excluding hydrogens is 224 g/mol. The van der Waals surface area contributed by atoms with Crippen molar-refractivity contribution in [2.45, 2.75) is 31.7 Å². The molecule has 0 aromatic heterocycles. The van der Waals surface area contributed by atoms with Crippen molar-refractivity contribution in [1.82, 2.24) is 5.32 Å². The molecule has 17 heavy (non-hydrogen) atoms. The predicted molar refractivity (Wildman–Crippen MR) is 62.5 cm³/mol. The standard InChI is InChI=1S/C13H17F2NO/c1-17-12-8-9(13(14)15)5-6-10(12)11-4-2-3-7-16-11/h5-6,8,11,13,16H,2-4,7H2,1H3. The van der Waals surface area contributed by atoms with Gasteiger partial charge in [-0.15, -0.1) is 0 Å². The molecule has 2 rings (SSSR count). The summed E-state index contributed by atoms with van der Waals surface area (Å²) in [5, 5.41) is 3.39. The third-order valence-electron chi connectivity index (χ3n) is 3.20. The molecule has 1 heterocycles. The lowest BCUT2D eigenvalue weighted by molar-refractivity contribution is 0.151. The first-order valence-electron chi connectivity index (χ1n) is 5.91. The lowest BCUT2D eigenvalue weighted by atomic mass is 9.96. The fraction of sp³-hybridized carbons (Fsp3) is 0.538. The number of ether oxygens (including phenoxy) is 1. The molecule has 1 fully saturated rings. The molecule has 0 radical (unpaired) electrons. The lowest BCUT2D eigenvalue weighted by Gasteiger charge is -2.25. The van der Waals surface area contributed by atoms with E-state index in [0.717, 1.165) is 24.9 Å². The van der Waals surface area contributed by atoms with Gasteiger partial charge in [0.05, 0.1) is 7.11 Å². The molecule has 1 atom stereocenters. The van der Waals surface area contributed by atoms with E-state index in [4.69, 9.17) is 4.74 Å². The van der Waals surface area contributed by atoms with Crippen LogP contribution in [-0.2, 0) is 0 Å². The first kappa shape index (κ1) is 12.3. The zero-order valence-corrected chi connectivity index (χ0v) is 9.88. The minimum Gasteiger partial charge on any atom is -0.496 e. The number of hydrogen-bond acceptors (Lipinski definition) is 2. The number of benzene rings is 1. The zero-order valence-electron chi connectivity index (χ0n) is 9.88. The van der Waals surface area contributed by atoms with Gasteiger partial charge in [0.15, 0.2) is 0 Å². The van der Waals surface area contributed by atoms with Crippen LogP contribution in [0.5, 0.6) is 5.75 Å². The highest BCUT2D eigenvalue weighted by Gasteiger charge is 2.20. The summed E-state index contributed by atoms with van der Waals surface area (Å²) in [6.45, 7) is 0.977. The number of rotatable bonds is 3. The van der Waals surface area contributed by atoms with Crippen LogP contribution >= 0.6 is 0 Å². The Kier molecular flexibility index (Phi) is 3.94. The van der Waals surface area contributed by atoms with Gasteiger partial charge in [-0.1, -0.05) is 18.6 Å². The fourth-order valence-electron chi connectivity index (χ4n) is 2.27. The molecule has 1 aliphatic rings. The van der Waals surface area contributed by atoms with Gasteiger partial charge < -0.3 is 10.1 Å². The number of methoxy groups -OCH3 is 1. The van der Waals surface area contributed by atoms with Crippen LogP contribution in [0.3, 0.4) is 0 Å². The quantitative estimate of drug-likeness (QED) is 0.875. The molecule has 4 heteroatoms. The summed E-state index contributed by atoms with van der Waals surface area (Å²) in [4.78, 5) is 0. The molecule has 0 bridgehead atoms. The molecule has 0 aliphatic carbocycles. The largest absolute Gasteiger partial charge is 0.496 e. The van der Waals surface area contributed by atoms with Crippen molar-refractivity contribution in [1.29, 1.82) is 0 Å². The van der Waals surface area contributed by atoms with Gasteiger partial charge in [-0.25, -0.2) is 8.78 Å². The second kappa shape index (κ2) is 5.45. The van der Waals surface area contributed by atoms with Gasteiger partial charge >= 0.3 is 0 Å². The van der Waals surface area contributed by atoms with E-state index >= 15 is 0 Å². The van der Waals surface area contributed by atoms with Gasteiger partial charge in [-0.2, -0.15) is 0 Å². The molecule has 1 aliphatic heterocycles. The van der Waals surface area contributed by atoms with Crippen LogP contribution < -0.4 is 10.1 Å². The summed E-state index contributed by atoms with van der Waals surface area (Å²) in [6, 6.07) is 4.91. The minimum absolute atomic E-state index is 0.0152. The van der Waals surface area contributed by atoms with E-state index in [0.29, 0.717) is 5.75 Å². The Bertz CT molecular complexity index is 376. The van der Waals surface area contributed by atoms with Crippen LogP contribution in [0.15, 0.2) is 18.2 Å². The topological polar surface area (TPSA) is 21.3 Å². The van der Waals surface area contributed by atoms with E-state index in [1.165, 1.54) is 25.7 Å². The van der Waals surface area contributed by atoms with Crippen molar-refractivity contribution >= 4 is 0 Å². The molecule has 1 aromatic rings. The summed E-state index contributed by atoms with van der Waals surface area (Å²) in [6.07, 6.45) is 0.924. The molecule has 1 N–H and O–H groups in total. The van der Waals surface area contributed by atoms with Crippen molar-refractivity contribution < 1.29 is 13.5 Å². The van der Waals surface area contributed by atoms with Crippen molar-refractivity contribution in [3.63, 3.8) is 0 Å². The molecule has 2 nitrogen and oxygen atoms in total. The third-order valence-corrected chi connectivity index (χ3v) is 3.20. The lowest BCUT2D eigenvalue weighted by Crippen LogP contribution is -2.27. The normalized spacial score (nSPS) is 20.6. The Morgan fingerprint density at radius 2 is 2.18 bits per heavy atom. The van der Waals surface area contributed by atoms with Crippen molar-refractivity contribution in [2.75, 3.05) is 13.7 Å². The number of alkyl halides is 2. The van der Waals surface area contributed by atoms with Gasteiger partial charge in [0.1, 0.15) is 5.75 Å². The number of hydrogen-bond donors (Lipinski definition) is 1. The van der Waals surface area contributed by atoms with E-state index in [2.05, 4.69) is 5.32 Å². The summed E-state index contributed by atoms with van der Waals surface area (Å²) < 4.78 is 30.4. The third kappa shape index (κ3) is 2.75. The highest BCUT2D eigenvalue weighted by molar-refractivity contribution is 5.40. The molecule has 94 valence electrons. The van der Waals surface area contributed by atoms with Gasteiger partial charge in [-0.3, -0.25) is 0 Å².